The van der Waals surface area contributed by atoms with Gasteiger partial charge in [-0.25, -0.2) is 15.0 Å². The van der Waals surface area contributed by atoms with Crippen molar-refractivity contribution < 1.29 is 30.6 Å². The maximum atomic E-state index is 13.1. The number of halogens is 6. The van der Waals surface area contributed by atoms with Crippen LogP contribution in [0.3, 0.4) is 0 Å². The highest BCUT2D eigenvalue weighted by atomic mass is 32.2. The van der Waals surface area contributed by atoms with Gasteiger partial charge in [0.2, 0.25) is 0 Å². The van der Waals surface area contributed by atoms with Crippen molar-refractivity contribution in [3.05, 3.63) is 29.0 Å². The van der Waals surface area contributed by atoms with E-state index in [2.05, 4.69) is 15.0 Å². The van der Waals surface area contributed by atoms with Gasteiger partial charge in [-0.3, -0.25) is 8.61 Å². The van der Waals surface area contributed by atoms with Gasteiger partial charge in [0.15, 0.2) is 10.8 Å². The molecule has 1 atom stereocenters. The lowest BCUT2D eigenvalue weighted by Gasteiger charge is -2.05. The van der Waals surface area contributed by atoms with Crippen LogP contribution in [0.1, 0.15) is 17.5 Å². The minimum atomic E-state index is -4.66. The lowest BCUT2D eigenvalue weighted by Crippen LogP contribution is -2.07. The van der Waals surface area contributed by atoms with Crippen molar-refractivity contribution in [2.45, 2.75) is 24.3 Å². The highest BCUT2D eigenvalue weighted by Crippen LogP contribution is 2.38. The second-order valence-electron chi connectivity index (χ2n) is 6.20. The van der Waals surface area contributed by atoms with E-state index in [9.17, 15) is 30.6 Å². The SMILES string of the molecule is CCS(=O)c1c(-c2nc3cc(C(F)(F)F)ncc3n2C)nc2sc(C(F)(F)F)cn12. The lowest BCUT2D eigenvalue weighted by molar-refractivity contribution is -0.141. The molecular formula is C16H11F6N5OS2. The molecule has 0 saturated carbocycles. The van der Waals surface area contributed by atoms with Crippen molar-refractivity contribution in [2.24, 2.45) is 7.05 Å². The van der Waals surface area contributed by atoms with Crippen LogP contribution in [0.15, 0.2) is 23.5 Å². The standard InChI is InChI=1S/C16H11F6N5OS2/c1-3-30(28)13-11(25-14-27(13)6-10(29-14)16(20,21)22)12-24-7-4-9(15(17,18)19)23-5-8(7)26(12)2/h4-6H,3H2,1-2H3. The average Bonchev–Trinajstić information content (AvgIpc) is 3.30. The van der Waals surface area contributed by atoms with Gasteiger partial charge in [0.05, 0.1) is 28.0 Å². The van der Waals surface area contributed by atoms with E-state index in [1.54, 1.807) is 6.92 Å². The minimum absolute atomic E-state index is 0.00154. The fourth-order valence-electron chi connectivity index (χ4n) is 2.91. The monoisotopic (exact) mass is 467 g/mol. The number of aromatic nitrogens is 5. The predicted molar refractivity (Wildman–Crippen MR) is 97.5 cm³/mol. The van der Waals surface area contributed by atoms with E-state index in [0.29, 0.717) is 11.3 Å². The summed E-state index contributed by atoms with van der Waals surface area (Å²) < 4.78 is 93.2. The molecule has 4 rings (SSSR count). The van der Waals surface area contributed by atoms with E-state index in [-0.39, 0.29) is 38.3 Å². The molecule has 6 nitrogen and oxygen atoms in total. The Bertz CT molecular complexity index is 1300. The Morgan fingerprint density at radius 1 is 1.13 bits per heavy atom. The van der Waals surface area contributed by atoms with Gasteiger partial charge in [0.25, 0.3) is 0 Å². The van der Waals surface area contributed by atoms with Crippen molar-refractivity contribution >= 4 is 38.1 Å². The van der Waals surface area contributed by atoms with Gasteiger partial charge in [-0.1, -0.05) is 18.3 Å². The second-order valence-corrected chi connectivity index (χ2v) is 8.86. The number of thiazole rings is 1. The Balaban J connectivity index is 1.96. The fourth-order valence-corrected chi connectivity index (χ4v) is 4.80. The summed E-state index contributed by atoms with van der Waals surface area (Å²) in [6.07, 6.45) is -7.43. The number of hydrogen-bond acceptors (Lipinski definition) is 5. The lowest BCUT2D eigenvalue weighted by atomic mass is 10.3. The van der Waals surface area contributed by atoms with Gasteiger partial charge < -0.3 is 4.57 Å². The number of alkyl halides is 6. The molecule has 0 fully saturated rings. The molecule has 30 heavy (non-hydrogen) atoms. The van der Waals surface area contributed by atoms with Crippen molar-refractivity contribution in [1.82, 2.24) is 23.9 Å². The molecule has 0 amide bonds. The molecular weight excluding hydrogens is 456 g/mol. The van der Waals surface area contributed by atoms with Crippen molar-refractivity contribution in [2.75, 3.05) is 5.75 Å². The molecule has 0 aliphatic heterocycles. The second kappa shape index (κ2) is 6.77. The summed E-state index contributed by atoms with van der Waals surface area (Å²) >= 11 is 0.375. The summed E-state index contributed by atoms with van der Waals surface area (Å²) in [5, 5.41) is 0.00154. The average molecular weight is 467 g/mol. The first-order chi connectivity index (χ1) is 13.9. The van der Waals surface area contributed by atoms with Gasteiger partial charge >= 0.3 is 12.4 Å². The molecule has 160 valence electrons. The molecule has 4 aromatic heterocycles. The highest BCUT2D eigenvalue weighted by molar-refractivity contribution is 7.85. The minimum Gasteiger partial charge on any atom is -0.324 e. The third-order valence-corrected chi connectivity index (χ3v) is 6.68. The van der Waals surface area contributed by atoms with Crippen LogP contribution >= 0.6 is 11.3 Å². The quantitative estimate of drug-likeness (QED) is 0.416. The number of fused-ring (bicyclic) bond motifs is 2. The van der Waals surface area contributed by atoms with E-state index in [1.807, 2.05) is 0 Å². The number of pyridine rings is 1. The van der Waals surface area contributed by atoms with Crippen LogP contribution in [0.5, 0.6) is 0 Å². The van der Waals surface area contributed by atoms with Crippen LogP contribution in [0.4, 0.5) is 26.3 Å². The molecule has 0 spiro atoms. The Morgan fingerprint density at radius 3 is 2.43 bits per heavy atom. The zero-order valence-corrected chi connectivity index (χ0v) is 16.8. The Morgan fingerprint density at radius 2 is 1.83 bits per heavy atom. The fraction of sp³-hybridized carbons (Fsp3) is 0.312. The van der Waals surface area contributed by atoms with E-state index >= 15 is 0 Å². The summed E-state index contributed by atoms with van der Waals surface area (Å²) in [5.74, 6) is 0.175. The number of hydrogen-bond donors (Lipinski definition) is 0. The van der Waals surface area contributed by atoms with Crippen LogP contribution in [0.2, 0.25) is 0 Å². The first kappa shape index (κ1) is 20.8. The molecule has 0 aromatic carbocycles. The summed E-state index contributed by atoms with van der Waals surface area (Å²) in [6.45, 7) is 1.59. The van der Waals surface area contributed by atoms with E-state index in [0.717, 1.165) is 22.9 Å². The Hall–Kier alpha value is -2.48. The molecule has 0 saturated heterocycles. The van der Waals surface area contributed by atoms with E-state index in [4.69, 9.17) is 0 Å². The van der Waals surface area contributed by atoms with E-state index in [1.165, 1.54) is 11.6 Å². The smallest absolute Gasteiger partial charge is 0.324 e. The first-order valence-electron chi connectivity index (χ1n) is 8.29. The molecule has 0 aliphatic rings. The van der Waals surface area contributed by atoms with Crippen molar-refractivity contribution in [3.8, 4) is 11.5 Å². The molecule has 0 N–H and O–H groups in total. The predicted octanol–water partition coefficient (Wildman–Crippen LogP) is 4.51. The van der Waals surface area contributed by atoms with Crippen LogP contribution in [0.25, 0.3) is 27.5 Å². The maximum absolute atomic E-state index is 13.1. The number of imidazole rings is 2. The van der Waals surface area contributed by atoms with Crippen LogP contribution in [0, 0.1) is 0 Å². The van der Waals surface area contributed by atoms with Gasteiger partial charge in [0, 0.05) is 19.0 Å². The number of nitrogens with zero attached hydrogens (tertiary/aromatic N) is 5. The molecule has 0 aliphatic carbocycles. The zero-order chi connectivity index (χ0) is 22.0. The largest absolute Gasteiger partial charge is 0.433 e. The summed E-state index contributed by atoms with van der Waals surface area (Å²) in [7, 11) is -0.210. The van der Waals surface area contributed by atoms with Crippen LogP contribution in [-0.2, 0) is 30.2 Å². The normalized spacial score (nSPS) is 14.1. The van der Waals surface area contributed by atoms with Crippen molar-refractivity contribution in [1.29, 1.82) is 0 Å². The number of rotatable bonds is 3. The Kier molecular flexibility index (Phi) is 4.69. The summed E-state index contributed by atoms with van der Waals surface area (Å²) in [6, 6.07) is 0.773. The molecule has 1 unspecified atom stereocenters. The van der Waals surface area contributed by atoms with Gasteiger partial charge in [0.1, 0.15) is 21.3 Å². The maximum Gasteiger partial charge on any atom is 0.433 e. The molecule has 4 heterocycles. The number of aryl methyl sites for hydroxylation is 1. The van der Waals surface area contributed by atoms with E-state index < -0.39 is 33.7 Å². The summed E-state index contributed by atoms with van der Waals surface area (Å²) in [5.41, 5.74) is -0.839. The van der Waals surface area contributed by atoms with Gasteiger partial charge in [-0.15, -0.1) is 0 Å². The highest BCUT2D eigenvalue weighted by Gasteiger charge is 2.36. The molecule has 4 aromatic rings. The van der Waals surface area contributed by atoms with Gasteiger partial charge in [-0.2, -0.15) is 26.3 Å². The van der Waals surface area contributed by atoms with Gasteiger partial charge in [-0.05, 0) is 6.07 Å². The first-order valence-corrected chi connectivity index (χ1v) is 10.4. The summed E-state index contributed by atoms with van der Waals surface area (Å²) in [4.78, 5) is 10.8. The zero-order valence-electron chi connectivity index (χ0n) is 15.2. The van der Waals surface area contributed by atoms with Crippen LogP contribution in [-0.4, -0.2) is 33.9 Å². The molecule has 0 bridgehead atoms. The molecule has 0 radical (unpaired) electrons. The third-order valence-electron chi connectivity index (χ3n) is 4.31. The van der Waals surface area contributed by atoms with Crippen molar-refractivity contribution in [3.63, 3.8) is 0 Å². The third kappa shape index (κ3) is 3.27. The van der Waals surface area contributed by atoms with Crippen LogP contribution < -0.4 is 0 Å². The topological polar surface area (TPSA) is 65.1 Å². The Labute approximate surface area is 170 Å². The molecule has 14 heteroatoms.